The van der Waals surface area contributed by atoms with Gasteiger partial charge in [-0.1, -0.05) is 18.2 Å². The van der Waals surface area contributed by atoms with Crippen LogP contribution in [0.5, 0.6) is 0 Å². The number of hydrogen-bond donors (Lipinski definition) is 3. The topological polar surface area (TPSA) is 82.7 Å². The number of benzene rings is 1. The Balaban J connectivity index is 1.38. The quantitative estimate of drug-likeness (QED) is 0.763. The number of amides is 4. The molecule has 4 amide bonds. The number of anilines is 1. The Kier molecular flexibility index (Phi) is 4.48. The number of para-hydroxylation sites is 1. The van der Waals surface area contributed by atoms with Crippen LogP contribution in [0.15, 0.2) is 24.3 Å². The van der Waals surface area contributed by atoms with Gasteiger partial charge in [-0.15, -0.1) is 0 Å². The van der Waals surface area contributed by atoms with Gasteiger partial charge in [-0.05, 0) is 36.8 Å². The number of nitrogens with one attached hydrogen (secondary N) is 3. The fraction of sp³-hybridized carbons (Fsp3) is 0.556. The predicted molar refractivity (Wildman–Crippen MR) is 93.3 cm³/mol. The highest BCUT2D eigenvalue weighted by molar-refractivity contribution is 5.90. The third-order valence-corrected chi connectivity index (χ3v) is 5.11. The molecule has 2 aliphatic heterocycles. The largest absolute Gasteiger partial charge is 0.376 e. The average Bonchev–Trinajstić information content (AvgIpc) is 3.21. The van der Waals surface area contributed by atoms with Gasteiger partial charge in [0.15, 0.2) is 0 Å². The predicted octanol–water partition coefficient (Wildman–Crippen LogP) is 1.90. The molecule has 2 unspecified atom stereocenters. The molecule has 3 aliphatic rings. The molecule has 134 valence electrons. The molecule has 1 aromatic rings. The van der Waals surface area contributed by atoms with E-state index in [1.165, 1.54) is 12.8 Å². The van der Waals surface area contributed by atoms with Gasteiger partial charge in [-0.25, -0.2) is 9.59 Å². The molecule has 7 nitrogen and oxygen atoms in total. The molecule has 3 fully saturated rings. The summed E-state index contributed by atoms with van der Waals surface area (Å²) in [6.45, 7) is 2.55. The first-order chi connectivity index (χ1) is 12.2. The second-order valence-corrected chi connectivity index (χ2v) is 6.98. The van der Waals surface area contributed by atoms with E-state index in [-0.39, 0.29) is 24.2 Å². The summed E-state index contributed by atoms with van der Waals surface area (Å²) in [6.07, 6.45) is 3.43. The zero-order valence-electron chi connectivity index (χ0n) is 14.2. The zero-order chi connectivity index (χ0) is 17.2. The molecule has 0 bridgehead atoms. The number of urea groups is 2. The molecule has 2 saturated heterocycles. The summed E-state index contributed by atoms with van der Waals surface area (Å²) in [7, 11) is 0. The first-order valence-corrected chi connectivity index (χ1v) is 9.00. The van der Waals surface area contributed by atoms with Gasteiger partial charge in [0.25, 0.3) is 0 Å². The Morgan fingerprint density at radius 1 is 1.28 bits per heavy atom. The Hall–Kier alpha value is -2.28. The summed E-state index contributed by atoms with van der Waals surface area (Å²) in [5, 5.41) is 8.80. The molecule has 2 atom stereocenters. The van der Waals surface area contributed by atoms with Gasteiger partial charge in [0.1, 0.15) is 0 Å². The summed E-state index contributed by atoms with van der Waals surface area (Å²) in [5.74, 6) is 0.605. The monoisotopic (exact) mass is 344 g/mol. The van der Waals surface area contributed by atoms with Crippen molar-refractivity contribution >= 4 is 17.7 Å². The lowest BCUT2D eigenvalue weighted by molar-refractivity contribution is 0.0829. The molecule has 3 N–H and O–H groups in total. The second-order valence-electron chi connectivity index (χ2n) is 6.98. The van der Waals surface area contributed by atoms with E-state index in [0.717, 1.165) is 17.7 Å². The summed E-state index contributed by atoms with van der Waals surface area (Å²) >= 11 is 0. The minimum atomic E-state index is -0.209. The lowest BCUT2D eigenvalue weighted by Gasteiger charge is -2.21. The molecule has 0 aromatic heterocycles. The van der Waals surface area contributed by atoms with Crippen molar-refractivity contribution < 1.29 is 14.3 Å². The average molecular weight is 344 g/mol. The fourth-order valence-electron chi connectivity index (χ4n) is 3.63. The maximum absolute atomic E-state index is 12.4. The first kappa shape index (κ1) is 16.2. The van der Waals surface area contributed by atoms with Crippen molar-refractivity contribution in [3.63, 3.8) is 0 Å². The van der Waals surface area contributed by atoms with Crippen molar-refractivity contribution in [3.05, 3.63) is 29.8 Å². The fourth-order valence-corrected chi connectivity index (χ4v) is 3.63. The smallest absolute Gasteiger partial charge is 0.319 e. The molecule has 0 radical (unpaired) electrons. The molecular weight excluding hydrogens is 320 g/mol. The summed E-state index contributed by atoms with van der Waals surface area (Å²) in [5.41, 5.74) is 1.66. The van der Waals surface area contributed by atoms with Crippen LogP contribution in [0.4, 0.5) is 15.3 Å². The van der Waals surface area contributed by atoms with Crippen LogP contribution < -0.4 is 16.0 Å². The van der Waals surface area contributed by atoms with E-state index in [2.05, 4.69) is 16.0 Å². The van der Waals surface area contributed by atoms with E-state index in [4.69, 9.17) is 4.74 Å². The van der Waals surface area contributed by atoms with Gasteiger partial charge >= 0.3 is 12.1 Å². The minimum Gasteiger partial charge on any atom is -0.376 e. The Bertz CT molecular complexity index is 661. The van der Waals surface area contributed by atoms with E-state index >= 15 is 0 Å². The van der Waals surface area contributed by atoms with E-state index in [9.17, 15) is 9.59 Å². The Morgan fingerprint density at radius 2 is 2.12 bits per heavy atom. The van der Waals surface area contributed by atoms with Crippen molar-refractivity contribution in [3.8, 4) is 0 Å². The van der Waals surface area contributed by atoms with Crippen LogP contribution in [0.25, 0.3) is 0 Å². The molecular formula is C18H24N4O3. The van der Waals surface area contributed by atoms with Crippen LogP contribution >= 0.6 is 0 Å². The van der Waals surface area contributed by atoms with Crippen molar-refractivity contribution in [1.29, 1.82) is 0 Å². The highest BCUT2D eigenvalue weighted by Crippen LogP contribution is 2.38. The molecule has 1 aromatic carbocycles. The number of hydrogen-bond acceptors (Lipinski definition) is 3. The van der Waals surface area contributed by atoms with Gasteiger partial charge in [0, 0.05) is 31.9 Å². The Labute approximate surface area is 147 Å². The standard InChI is InChI=1S/C18H24N4O3/c23-17(21-15-7-10-25-16(15)12-5-6-12)20-14-4-2-1-3-13(14)11-22-9-8-19-18(22)24/h1-4,12,15-16H,5-11H2,(H,19,24)(H2,20,21,23). The Morgan fingerprint density at radius 3 is 2.88 bits per heavy atom. The number of ether oxygens (including phenoxy) is 1. The van der Waals surface area contributed by atoms with E-state index in [0.29, 0.717) is 32.2 Å². The first-order valence-electron chi connectivity index (χ1n) is 9.00. The van der Waals surface area contributed by atoms with Crippen LogP contribution in [0.3, 0.4) is 0 Å². The number of nitrogens with zero attached hydrogens (tertiary/aromatic N) is 1. The van der Waals surface area contributed by atoms with Gasteiger partial charge in [0.2, 0.25) is 0 Å². The summed E-state index contributed by atoms with van der Waals surface area (Å²) in [6, 6.07) is 7.42. The van der Waals surface area contributed by atoms with Crippen molar-refractivity contribution in [1.82, 2.24) is 15.5 Å². The van der Waals surface area contributed by atoms with Gasteiger partial charge in [0.05, 0.1) is 12.1 Å². The highest BCUT2D eigenvalue weighted by Gasteiger charge is 2.41. The summed E-state index contributed by atoms with van der Waals surface area (Å²) in [4.78, 5) is 25.9. The molecule has 1 aliphatic carbocycles. The van der Waals surface area contributed by atoms with Crippen LogP contribution in [-0.4, -0.2) is 48.8 Å². The van der Waals surface area contributed by atoms with Crippen LogP contribution in [-0.2, 0) is 11.3 Å². The number of carbonyl (C=O) groups is 2. The maximum atomic E-state index is 12.4. The molecule has 4 rings (SSSR count). The maximum Gasteiger partial charge on any atom is 0.319 e. The molecule has 25 heavy (non-hydrogen) atoms. The summed E-state index contributed by atoms with van der Waals surface area (Å²) < 4.78 is 5.77. The molecule has 7 heteroatoms. The minimum absolute atomic E-state index is 0.0605. The number of rotatable bonds is 5. The van der Waals surface area contributed by atoms with E-state index < -0.39 is 0 Å². The lowest BCUT2D eigenvalue weighted by atomic mass is 10.1. The second kappa shape index (κ2) is 6.92. The van der Waals surface area contributed by atoms with E-state index in [1.807, 2.05) is 24.3 Å². The van der Waals surface area contributed by atoms with Crippen molar-refractivity contribution in [2.24, 2.45) is 5.92 Å². The molecule has 0 spiro atoms. The normalized spacial score (nSPS) is 25.8. The van der Waals surface area contributed by atoms with Gasteiger partial charge in [-0.2, -0.15) is 0 Å². The SMILES string of the molecule is O=C(Nc1ccccc1CN1CCNC1=O)NC1CCOC1C1CC1. The van der Waals surface area contributed by atoms with Crippen molar-refractivity contribution in [2.45, 2.75) is 38.0 Å². The highest BCUT2D eigenvalue weighted by atomic mass is 16.5. The number of carbonyl (C=O) groups excluding carboxylic acids is 2. The van der Waals surface area contributed by atoms with Crippen molar-refractivity contribution in [2.75, 3.05) is 25.0 Å². The van der Waals surface area contributed by atoms with Crippen LogP contribution in [0.2, 0.25) is 0 Å². The lowest BCUT2D eigenvalue weighted by Crippen LogP contribution is -2.43. The van der Waals surface area contributed by atoms with Crippen LogP contribution in [0, 0.1) is 5.92 Å². The molecule has 1 saturated carbocycles. The van der Waals surface area contributed by atoms with Gasteiger partial charge in [-0.3, -0.25) is 0 Å². The third kappa shape index (κ3) is 3.71. The third-order valence-electron chi connectivity index (χ3n) is 5.11. The zero-order valence-corrected chi connectivity index (χ0v) is 14.2. The van der Waals surface area contributed by atoms with Gasteiger partial charge < -0.3 is 25.6 Å². The molecule has 2 heterocycles. The van der Waals surface area contributed by atoms with Crippen LogP contribution in [0.1, 0.15) is 24.8 Å². The van der Waals surface area contributed by atoms with E-state index in [1.54, 1.807) is 4.90 Å².